The zero-order chi connectivity index (χ0) is 15.9. The van der Waals surface area contributed by atoms with E-state index >= 15 is 0 Å². The van der Waals surface area contributed by atoms with Gasteiger partial charge in [0.05, 0.1) is 4.90 Å². The van der Waals surface area contributed by atoms with Crippen molar-refractivity contribution in [2.24, 2.45) is 7.05 Å². The van der Waals surface area contributed by atoms with E-state index in [1.807, 2.05) is 4.72 Å². The molecule has 1 amide bonds. The summed E-state index contributed by atoms with van der Waals surface area (Å²) in [5.74, 6) is 0.101. The first-order valence-electron chi connectivity index (χ1n) is 6.60. The Hall–Kier alpha value is -1.94. The molecule has 0 radical (unpaired) electrons. The summed E-state index contributed by atoms with van der Waals surface area (Å²) in [6.45, 7) is -0.428. The lowest BCUT2D eigenvalue weighted by molar-refractivity contribution is -0.120. The summed E-state index contributed by atoms with van der Waals surface area (Å²) in [5, 5.41) is 7.14. The molecule has 3 rings (SSSR count). The summed E-state index contributed by atoms with van der Waals surface area (Å²) in [5.41, 5.74) is -0.426. The highest BCUT2D eigenvalue weighted by Gasteiger charge is 2.30. The number of hydrogen-bond donors (Lipinski definition) is 1. The molecule has 1 aliphatic rings. The molecule has 0 aliphatic heterocycles. The van der Waals surface area contributed by atoms with Crippen LogP contribution >= 0.6 is 11.3 Å². The van der Waals surface area contributed by atoms with Crippen LogP contribution in [0.5, 0.6) is 0 Å². The van der Waals surface area contributed by atoms with Crippen molar-refractivity contribution >= 4 is 27.3 Å². The van der Waals surface area contributed by atoms with Crippen molar-refractivity contribution in [2.45, 2.75) is 30.2 Å². The molecule has 1 fully saturated rings. The van der Waals surface area contributed by atoms with Gasteiger partial charge in [-0.1, -0.05) is 0 Å². The molecule has 2 aromatic rings. The molecule has 2 heterocycles. The Labute approximate surface area is 130 Å². The van der Waals surface area contributed by atoms with Crippen LogP contribution in [-0.4, -0.2) is 28.7 Å². The first-order valence-corrected chi connectivity index (χ1v) is 9.02. The molecule has 2 aromatic heterocycles. The Bertz CT molecular complexity index is 860. The molecule has 0 atom stereocenters. The quantitative estimate of drug-likeness (QED) is 0.825. The molecule has 10 heteroatoms. The third kappa shape index (κ3) is 2.83. The summed E-state index contributed by atoms with van der Waals surface area (Å²) in [7, 11) is -2.30. The lowest BCUT2D eigenvalue weighted by Crippen LogP contribution is -2.36. The average Bonchev–Trinajstić information content (AvgIpc) is 3.04. The molecule has 8 nitrogen and oxygen atoms in total. The maximum Gasteiger partial charge on any atom is 0.346 e. The standard InChI is InChI=1S/C12H14N4O4S2/c1-15-11(8-2-3-8)13-16(12(15)18)6-10(17)14-22(19,20)9-4-5-21-7-9/h4-5,7-8H,2-3,6H2,1H3,(H,14,17). The largest absolute Gasteiger partial charge is 0.346 e. The first kappa shape index (κ1) is 15.0. The molecule has 0 bridgehead atoms. The number of carbonyl (C=O) groups excluding carboxylic acids is 1. The van der Waals surface area contributed by atoms with Gasteiger partial charge >= 0.3 is 5.69 Å². The topological polar surface area (TPSA) is 103 Å². The fourth-order valence-corrected chi connectivity index (χ4v) is 4.09. The summed E-state index contributed by atoms with van der Waals surface area (Å²) in [4.78, 5) is 23.9. The van der Waals surface area contributed by atoms with Gasteiger partial charge in [-0.15, -0.1) is 0 Å². The van der Waals surface area contributed by atoms with Gasteiger partial charge in [-0.05, 0) is 24.3 Å². The van der Waals surface area contributed by atoms with E-state index in [4.69, 9.17) is 0 Å². The molecule has 22 heavy (non-hydrogen) atoms. The molecular formula is C12H14N4O4S2. The zero-order valence-corrected chi connectivity index (χ0v) is 13.4. The number of carbonyl (C=O) groups is 1. The number of hydrogen-bond acceptors (Lipinski definition) is 6. The van der Waals surface area contributed by atoms with Gasteiger partial charge in [0.25, 0.3) is 15.9 Å². The molecule has 1 saturated carbocycles. The van der Waals surface area contributed by atoms with Crippen LogP contribution in [0, 0.1) is 0 Å². The van der Waals surface area contributed by atoms with Crippen LogP contribution in [0.1, 0.15) is 24.6 Å². The van der Waals surface area contributed by atoms with Crippen molar-refractivity contribution in [3.05, 3.63) is 33.1 Å². The lowest BCUT2D eigenvalue weighted by Gasteiger charge is -2.04. The van der Waals surface area contributed by atoms with E-state index in [0.29, 0.717) is 5.82 Å². The second-order valence-corrected chi connectivity index (χ2v) is 7.58. The maximum absolute atomic E-state index is 12.0. The molecule has 1 N–H and O–H groups in total. The summed E-state index contributed by atoms with van der Waals surface area (Å²) in [6.07, 6.45) is 1.95. The summed E-state index contributed by atoms with van der Waals surface area (Å²) >= 11 is 1.21. The smallest absolute Gasteiger partial charge is 0.282 e. The van der Waals surface area contributed by atoms with Gasteiger partial charge in [0.15, 0.2) is 0 Å². The van der Waals surface area contributed by atoms with E-state index < -0.39 is 28.2 Å². The Morgan fingerprint density at radius 2 is 2.23 bits per heavy atom. The van der Waals surface area contributed by atoms with Crippen molar-refractivity contribution < 1.29 is 13.2 Å². The molecule has 118 valence electrons. The Morgan fingerprint density at radius 3 is 2.82 bits per heavy atom. The average molecular weight is 342 g/mol. The zero-order valence-electron chi connectivity index (χ0n) is 11.7. The minimum Gasteiger partial charge on any atom is -0.282 e. The molecule has 0 spiro atoms. The minimum atomic E-state index is -3.90. The maximum atomic E-state index is 12.0. The highest BCUT2D eigenvalue weighted by Crippen LogP contribution is 2.38. The van der Waals surface area contributed by atoms with Crippen LogP contribution < -0.4 is 10.4 Å². The number of nitrogens with one attached hydrogen (secondary N) is 1. The normalized spacial score (nSPS) is 15.0. The van der Waals surface area contributed by atoms with Crippen LogP contribution in [-0.2, 0) is 28.4 Å². The Morgan fingerprint density at radius 1 is 1.50 bits per heavy atom. The van der Waals surface area contributed by atoms with Crippen LogP contribution in [0.15, 0.2) is 26.5 Å². The third-order valence-corrected chi connectivity index (χ3v) is 5.57. The van der Waals surface area contributed by atoms with E-state index in [9.17, 15) is 18.0 Å². The Balaban J connectivity index is 1.75. The van der Waals surface area contributed by atoms with E-state index in [-0.39, 0.29) is 10.8 Å². The molecule has 0 saturated heterocycles. The lowest BCUT2D eigenvalue weighted by atomic mass is 10.4. The number of sulfonamides is 1. The summed E-state index contributed by atoms with van der Waals surface area (Å²) < 4.78 is 28.2. The van der Waals surface area contributed by atoms with Gasteiger partial charge in [-0.3, -0.25) is 9.36 Å². The third-order valence-electron chi connectivity index (χ3n) is 3.36. The van der Waals surface area contributed by atoms with Crippen LogP contribution in [0.4, 0.5) is 0 Å². The number of thiophene rings is 1. The summed E-state index contributed by atoms with van der Waals surface area (Å²) in [6, 6.07) is 1.40. The fraction of sp³-hybridized carbons (Fsp3) is 0.417. The van der Waals surface area contributed by atoms with Crippen molar-refractivity contribution in [2.75, 3.05) is 0 Å². The second kappa shape index (κ2) is 5.36. The monoisotopic (exact) mass is 342 g/mol. The van der Waals surface area contributed by atoms with Gasteiger partial charge in [-0.2, -0.15) is 16.4 Å². The minimum absolute atomic E-state index is 0.0258. The van der Waals surface area contributed by atoms with Gasteiger partial charge in [0, 0.05) is 18.3 Å². The number of amides is 1. The number of rotatable bonds is 5. The van der Waals surface area contributed by atoms with E-state index in [1.54, 1.807) is 12.4 Å². The van der Waals surface area contributed by atoms with E-state index in [2.05, 4.69) is 5.10 Å². The van der Waals surface area contributed by atoms with Crippen LogP contribution in [0.3, 0.4) is 0 Å². The number of aromatic nitrogens is 3. The van der Waals surface area contributed by atoms with Crippen molar-refractivity contribution in [1.82, 2.24) is 19.1 Å². The molecular weight excluding hydrogens is 328 g/mol. The van der Waals surface area contributed by atoms with Crippen molar-refractivity contribution in [3.63, 3.8) is 0 Å². The predicted molar refractivity (Wildman–Crippen MR) is 79.1 cm³/mol. The highest BCUT2D eigenvalue weighted by molar-refractivity contribution is 7.90. The second-order valence-electron chi connectivity index (χ2n) is 5.12. The van der Waals surface area contributed by atoms with E-state index in [0.717, 1.165) is 17.5 Å². The van der Waals surface area contributed by atoms with Crippen LogP contribution in [0.2, 0.25) is 0 Å². The highest BCUT2D eigenvalue weighted by atomic mass is 32.2. The Kier molecular flexibility index (Phi) is 3.65. The molecule has 0 aromatic carbocycles. The van der Waals surface area contributed by atoms with Gasteiger partial charge in [0.1, 0.15) is 12.4 Å². The molecule has 0 unspecified atom stereocenters. The van der Waals surface area contributed by atoms with Crippen molar-refractivity contribution in [1.29, 1.82) is 0 Å². The van der Waals surface area contributed by atoms with Gasteiger partial charge < -0.3 is 0 Å². The van der Waals surface area contributed by atoms with Crippen molar-refractivity contribution in [3.8, 4) is 0 Å². The predicted octanol–water partition coefficient (Wildman–Crippen LogP) is 0.0258. The van der Waals surface area contributed by atoms with E-state index in [1.165, 1.54) is 27.4 Å². The molecule has 1 aliphatic carbocycles. The SMILES string of the molecule is Cn1c(C2CC2)nn(CC(=O)NS(=O)(=O)c2ccsc2)c1=O. The fourth-order valence-electron chi connectivity index (χ4n) is 2.09. The van der Waals surface area contributed by atoms with Gasteiger partial charge in [-0.25, -0.2) is 22.6 Å². The van der Waals surface area contributed by atoms with Crippen LogP contribution in [0.25, 0.3) is 0 Å². The van der Waals surface area contributed by atoms with Gasteiger partial charge in [0.2, 0.25) is 0 Å². The first-order chi connectivity index (χ1) is 10.4. The number of nitrogens with zero attached hydrogens (tertiary/aromatic N) is 3.